The fourth-order valence-electron chi connectivity index (χ4n) is 1.74. The number of fused-ring (bicyclic) bond motifs is 1. The standard InChI is InChI=1S/C10H11N3O2.C4H8.H3N/c1-2-11-6-3-4-7-8(5-6)10(15)13-12-9(7)14;1-2-4-3-1;/h3-5,11H,2H2,1H3,(H,12,14)(H,13,15);1-4H2;1H3. The maximum atomic E-state index is 11.4. The second kappa shape index (κ2) is 7.49. The largest absolute Gasteiger partial charge is 0.385 e. The average molecular weight is 278 g/mol. The van der Waals surface area contributed by atoms with E-state index in [1.165, 1.54) is 25.7 Å². The summed E-state index contributed by atoms with van der Waals surface area (Å²) in [5.41, 5.74) is 0.262. The van der Waals surface area contributed by atoms with Crippen LogP contribution in [0.15, 0.2) is 27.8 Å². The van der Waals surface area contributed by atoms with Gasteiger partial charge in [-0.2, -0.15) is 0 Å². The van der Waals surface area contributed by atoms with Crippen molar-refractivity contribution in [3.63, 3.8) is 0 Å². The van der Waals surface area contributed by atoms with E-state index in [0.29, 0.717) is 10.8 Å². The minimum atomic E-state index is -0.288. The van der Waals surface area contributed by atoms with Crippen LogP contribution in [0.5, 0.6) is 0 Å². The smallest absolute Gasteiger partial charge is 0.270 e. The molecule has 0 bridgehead atoms. The van der Waals surface area contributed by atoms with Crippen LogP contribution in [-0.2, 0) is 0 Å². The van der Waals surface area contributed by atoms with Crippen molar-refractivity contribution >= 4 is 16.5 Å². The highest BCUT2D eigenvalue weighted by Gasteiger charge is 2.02. The molecule has 6 heteroatoms. The maximum Gasteiger partial charge on any atom is 0.270 e. The Hall–Kier alpha value is -2.08. The highest BCUT2D eigenvalue weighted by molar-refractivity contribution is 5.83. The van der Waals surface area contributed by atoms with Crippen LogP contribution in [0, 0.1) is 0 Å². The predicted molar refractivity (Wildman–Crippen MR) is 82.8 cm³/mol. The first-order valence-corrected chi connectivity index (χ1v) is 6.71. The number of H-pyrrole nitrogens is 2. The maximum absolute atomic E-state index is 11.4. The van der Waals surface area contributed by atoms with E-state index >= 15 is 0 Å². The molecule has 3 rings (SSSR count). The summed E-state index contributed by atoms with van der Waals surface area (Å²) in [6, 6.07) is 5.09. The molecule has 1 heterocycles. The topological polar surface area (TPSA) is 113 Å². The van der Waals surface area contributed by atoms with Gasteiger partial charge >= 0.3 is 0 Å². The van der Waals surface area contributed by atoms with Gasteiger partial charge in [-0.25, -0.2) is 0 Å². The van der Waals surface area contributed by atoms with Gasteiger partial charge in [0.25, 0.3) is 11.1 Å². The lowest BCUT2D eigenvalue weighted by Crippen LogP contribution is -2.18. The first-order valence-electron chi connectivity index (χ1n) is 6.71. The number of nitrogens with one attached hydrogen (secondary N) is 3. The number of anilines is 1. The molecule has 0 unspecified atom stereocenters. The lowest BCUT2D eigenvalue weighted by atomic mass is 10.0. The summed E-state index contributed by atoms with van der Waals surface area (Å²) in [4.78, 5) is 22.8. The molecule has 0 saturated heterocycles. The van der Waals surface area contributed by atoms with E-state index in [-0.39, 0.29) is 17.3 Å². The number of rotatable bonds is 2. The molecule has 0 amide bonds. The first kappa shape index (κ1) is 16.0. The zero-order chi connectivity index (χ0) is 13.7. The Morgan fingerprint density at radius 2 is 1.55 bits per heavy atom. The molecule has 110 valence electrons. The van der Waals surface area contributed by atoms with Crippen LogP contribution < -0.4 is 22.6 Å². The molecule has 2 aromatic rings. The Kier molecular flexibility index (Phi) is 5.99. The highest BCUT2D eigenvalue weighted by atomic mass is 16.1. The van der Waals surface area contributed by atoms with Crippen molar-refractivity contribution in [2.45, 2.75) is 32.6 Å². The molecule has 20 heavy (non-hydrogen) atoms. The van der Waals surface area contributed by atoms with Crippen molar-refractivity contribution in [1.82, 2.24) is 16.3 Å². The van der Waals surface area contributed by atoms with Crippen LogP contribution in [0.2, 0.25) is 0 Å². The molecule has 6 N–H and O–H groups in total. The van der Waals surface area contributed by atoms with E-state index in [1.807, 2.05) is 6.92 Å². The van der Waals surface area contributed by atoms with Crippen molar-refractivity contribution in [1.29, 1.82) is 0 Å². The third-order valence-corrected chi connectivity index (χ3v) is 3.18. The van der Waals surface area contributed by atoms with Crippen LogP contribution in [0.4, 0.5) is 5.69 Å². The van der Waals surface area contributed by atoms with Crippen molar-refractivity contribution in [2.24, 2.45) is 0 Å². The summed E-state index contributed by atoms with van der Waals surface area (Å²) in [7, 11) is 0. The summed E-state index contributed by atoms with van der Waals surface area (Å²) < 4.78 is 0. The van der Waals surface area contributed by atoms with Crippen LogP contribution in [0.3, 0.4) is 0 Å². The predicted octanol–water partition coefficient (Wildman–Crippen LogP) is 2.37. The van der Waals surface area contributed by atoms with Crippen LogP contribution in [0.25, 0.3) is 10.8 Å². The van der Waals surface area contributed by atoms with E-state index in [0.717, 1.165) is 12.2 Å². The molecule has 0 atom stereocenters. The van der Waals surface area contributed by atoms with E-state index in [2.05, 4.69) is 15.5 Å². The number of aromatic amines is 2. The van der Waals surface area contributed by atoms with Gasteiger partial charge in [-0.1, -0.05) is 25.7 Å². The second-order valence-corrected chi connectivity index (χ2v) is 4.61. The van der Waals surface area contributed by atoms with Gasteiger partial charge in [-0.05, 0) is 25.1 Å². The Morgan fingerprint density at radius 1 is 1.00 bits per heavy atom. The SMILES string of the molecule is C1CCC1.CCNc1ccc2c(=O)[nH][nH]c(=O)c2c1.N. The average Bonchev–Trinajstić information content (AvgIpc) is 2.32. The molecule has 1 saturated carbocycles. The summed E-state index contributed by atoms with van der Waals surface area (Å²) in [6.07, 6.45) is 6.00. The Bertz CT molecular complexity index is 652. The molecule has 1 aliphatic carbocycles. The third-order valence-electron chi connectivity index (χ3n) is 3.18. The summed E-state index contributed by atoms with van der Waals surface area (Å²) in [6.45, 7) is 2.73. The second-order valence-electron chi connectivity index (χ2n) is 4.61. The zero-order valence-electron chi connectivity index (χ0n) is 11.8. The molecule has 1 aliphatic rings. The number of benzene rings is 1. The first-order chi connectivity index (χ1) is 9.22. The zero-order valence-corrected chi connectivity index (χ0v) is 11.8. The summed E-state index contributed by atoms with van der Waals surface area (Å²) in [5, 5.41) is 8.46. The monoisotopic (exact) mass is 278 g/mol. The minimum Gasteiger partial charge on any atom is -0.385 e. The fraction of sp³-hybridized carbons (Fsp3) is 0.429. The molecule has 0 radical (unpaired) electrons. The van der Waals surface area contributed by atoms with Gasteiger partial charge in [0.1, 0.15) is 0 Å². The summed E-state index contributed by atoms with van der Waals surface area (Å²) in [5.74, 6) is 0. The molecule has 1 aromatic heterocycles. The van der Waals surface area contributed by atoms with Gasteiger partial charge < -0.3 is 11.5 Å². The lowest BCUT2D eigenvalue weighted by molar-refractivity contribution is 0.504. The number of hydrogen-bond donors (Lipinski definition) is 4. The van der Waals surface area contributed by atoms with Gasteiger partial charge in [0.05, 0.1) is 10.8 Å². The molecule has 0 aliphatic heterocycles. The lowest BCUT2D eigenvalue weighted by Gasteiger charge is -2.05. The van der Waals surface area contributed by atoms with Gasteiger partial charge in [0, 0.05) is 12.2 Å². The van der Waals surface area contributed by atoms with E-state index < -0.39 is 0 Å². The highest BCUT2D eigenvalue weighted by Crippen LogP contribution is 2.15. The van der Waals surface area contributed by atoms with E-state index in [9.17, 15) is 9.59 Å². The molecular formula is C14H22N4O2. The van der Waals surface area contributed by atoms with Gasteiger partial charge in [0.2, 0.25) is 0 Å². The van der Waals surface area contributed by atoms with Crippen molar-refractivity contribution < 1.29 is 0 Å². The van der Waals surface area contributed by atoms with Crippen molar-refractivity contribution in [3.05, 3.63) is 38.9 Å². The number of hydrogen-bond acceptors (Lipinski definition) is 4. The quantitative estimate of drug-likeness (QED) is 0.675. The van der Waals surface area contributed by atoms with Crippen molar-refractivity contribution in [3.8, 4) is 0 Å². The van der Waals surface area contributed by atoms with Crippen LogP contribution in [-0.4, -0.2) is 16.7 Å². The third kappa shape index (κ3) is 3.71. The fourth-order valence-corrected chi connectivity index (χ4v) is 1.74. The van der Waals surface area contributed by atoms with Crippen LogP contribution >= 0.6 is 0 Å². The van der Waals surface area contributed by atoms with Gasteiger partial charge in [-0.15, -0.1) is 0 Å². The molecule has 1 aromatic carbocycles. The van der Waals surface area contributed by atoms with Crippen LogP contribution in [0.1, 0.15) is 32.6 Å². The van der Waals surface area contributed by atoms with E-state index in [1.54, 1.807) is 18.2 Å². The number of aromatic nitrogens is 2. The van der Waals surface area contributed by atoms with Gasteiger partial charge in [-0.3, -0.25) is 19.8 Å². The molecule has 1 fully saturated rings. The Balaban J connectivity index is 0.000000345. The van der Waals surface area contributed by atoms with Crippen molar-refractivity contribution in [2.75, 3.05) is 11.9 Å². The molecule has 0 spiro atoms. The normalized spacial score (nSPS) is 12.7. The summed E-state index contributed by atoms with van der Waals surface area (Å²) >= 11 is 0. The molecular weight excluding hydrogens is 256 g/mol. The Labute approximate surface area is 117 Å². The minimum absolute atomic E-state index is 0. The Morgan fingerprint density at radius 3 is 2.05 bits per heavy atom. The molecule has 6 nitrogen and oxygen atoms in total. The van der Waals surface area contributed by atoms with E-state index in [4.69, 9.17) is 0 Å². The van der Waals surface area contributed by atoms with Gasteiger partial charge in [0.15, 0.2) is 0 Å².